The first-order chi connectivity index (χ1) is 10.0. The molecule has 2 atom stereocenters. The van der Waals surface area contributed by atoms with Crippen LogP contribution < -0.4 is 11.1 Å². The molecule has 1 fully saturated rings. The SMILES string of the molecule is Cc1c(Cl)cccc1NC(=O)CN1CC(CN)CCC1C. The molecule has 1 aliphatic rings. The smallest absolute Gasteiger partial charge is 0.238 e. The van der Waals surface area contributed by atoms with Crippen LogP contribution in [0.2, 0.25) is 5.02 Å². The number of rotatable bonds is 4. The first-order valence-corrected chi connectivity index (χ1v) is 7.88. The molecule has 1 saturated heterocycles. The number of nitrogens with two attached hydrogens (primary N) is 1. The van der Waals surface area contributed by atoms with Crippen LogP contribution in [0.1, 0.15) is 25.3 Å². The predicted octanol–water partition coefficient (Wildman–Crippen LogP) is 2.65. The van der Waals surface area contributed by atoms with E-state index >= 15 is 0 Å². The van der Waals surface area contributed by atoms with Gasteiger partial charge in [0.05, 0.1) is 6.54 Å². The number of amides is 1. The minimum absolute atomic E-state index is 0.00453. The standard InChI is InChI=1S/C16H24ClN3O/c1-11-6-7-13(8-18)9-20(11)10-16(21)19-15-5-3-4-14(17)12(15)2/h3-5,11,13H,6-10,18H2,1-2H3,(H,19,21). The molecule has 116 valence electrons. The van der Waals surface area contributed by atoms with E-state index in [9.17, 15) is 4.79 Å². The van der Waals surface area contributed by atoms with Crippen molar-refractivity contribution in [3.63, 3.8) is 0 Å². The summed E-state index contributed by atoms with van der Waals surface area (Å²) in [6.45, 7) is 6.08. The summed E-state index contributed by atoms with van der Waals surface area (Å²) in [5, 5.41) is 3.62. The second kappa shape index (κ2) is 7.25. The van der Waals surface area contributed by atoms with E-state index in [1.807, 2.05) is 25.1 Å². The molecule has 0 aromatic heterocycles. The molecule has 0 saturated carbocycles. The van der Waals surface area contributed by atoms with Crippen LogP contribution in [0.25, 0.3) is 0 Å². The minimum atomic E-state index is 0.00453. The lowest BCUT2D eigenvalue weighted by Crippen LogP contribution is -2.47. The van der Waals surface area contributed by atoms with E-state index in [1.165, 1.54) is 0 Å². The van der Waals surface area contributed by atoms with Gasteiger partial charge < -0.3 is 11.1 Å². The molecule has 3 N–H and O–H groups in total. The number of hydrogen-bond donors (Lipinski definition) is 2. The van der Waals surface area contributed by atoms with Crippen molar-refractivity contribution >= 4 is 23.2 Å². The zero-order chi connectivity index (χ0) is 15.4. The summed E-state index contributed by atoms with van der Waals surface area (Å²) in [6.07, 6.45) is 2.26. The fraction of sp³-hybridized carbons (Fsp3) is 0.562. The molecule has 2 unspecified atom stereocenters. The van der Waals surface area contributed by atoms with Crippen LogP contribution in [0.15, 0.2) is 18.2 Å². The van der Waals surface area contributed by atoms with Crippen molar-refractivity contribution in [3.8, 4) is 0 Å². The molecule has 21 heavy (non-hydrogen) atoms. The highest BCUT2D eigenvalue weighted by atomic mass is 35.5. The molecular weight excluding hydrogens is 286 g/mol. The summed E-state index contributed by atoms with van der Waals surface area (Å²) in [7, 11) is 0. The summed E-state index contributed by atoms with van der Waals surface area (Å²) in [5.74, 6) is 0.506. The molecule has 2 rings (SSSR count). The summed E-state index contributed by atoms with van der Waals surface area (Å²) in [6, 6.07) is 5.98. The summed E-state index contributed by atoms with van der Waals surface area (Å²) < 4.78 is 0. The molecule has 1 aliphatic heterocycles. The van der Waals surface area contributed by atoms with Crippen LogP contribution in [-0.2, 0) is 4.79 Å². The maximum atomic E-state index is 12.3. The summed E-state index contributed by atoms with van der Waals surface area (Å²) in [5.41, 5.74) is 7.45. The Labute approximate surface area is 131 Å². The van der Waals surface area contributed by atoms with Gasteiger partial charge in [0, 0.05) is 23.3 Å². The lowest BCUT2D eigenvalue weighted by Gasteiger charge is -2.37. The van der Waals surface area contributed by atoms with Crippen molar-refractivity contribution in [1.29, 1.82) is 0 Å². The number of halogens is 1. The van der Waals surface area contributed by atoms with Gasteiger partial charge in [-0.1, -0.05) is 17.7 Å². The highest BCUT2D eigenvalue weighted by Gasteiger charge is 2.26. The zero-order valence-corrected chi connectivity index (χ0v) is 13.5. The molecule has 0 aliphatic carbocycles. The third-order valence-corrected chi connectivity index (χ3v) is 4.74. The minimum Gasteiger partial charge on any atom is -0.330 e. The zero-order valence-electron chi connectivity index (χ0n) is 12.7. The van der Waals surface area contributed by atoms with E-state index < -0.39 is 0 Å². The normalized spacial score (nSPS) is 23.0. The molecule has 1 aromatic carbocycles. The first-order valence-electron chi connectivity index (χ1n) is 7.50. The number of carbonyl (C=O) groups is 1. The number of anilines is 1. The molecule has 0 radical (unpaired) electrons. The van der Waals surface area contributed by atoms with Gasteiger partial charge in [-0.05, 0) is 56.8 Å². The van der Waals surface area contributed by atoms with E-state index in [0.717, 1.165) is 30.6 Å². The number of nitrogens with one attached hydrogen (secondary N) is 1. The lowest BCUT2D eigenvalue weighted by atomic mass is 9.93. The Hall–Kier alpha value is -1.10. The Morgan fingerprint density at radius 3 is 2.95 bits per heavy atom. The highest BCUT2D eigenvalue weighted by molar-refractivity contribution is 6.31. The quantitative estimate of drug-likeness (QED) is 0.899. The van der Waals surface area contributed by atoms with E-state index in [1.54, 1.807) is 0 Å². The molecule has 1 heterocycles. The van der Waals surface area contributed by atoms with Gasteiger partial charge in [-0.3, -0.25) is 9.69 Å². The van der Waals surface area contributed by atoms with Crippen molar-refractivity contribution < 1.29 is 4.79 Å². The van der Waals surface area contributed by atoms with Gasteiger partial charge in [-0.2, -0.15) is 0 Å². The van der Waals surface area contributed by atoms with Crippen molar-refractivity contribution in [2.24, 2.45) is 11.7 Å². The van der Waals surface area contributed by atoms with Crippen LogP contribution in [0.5, 0.6) is 0 Å². The number of piperidine rings is 1. The molecular formula is C16H24ClN3O. The van der Waals surface area contributed by atoms with E-state index in [2.05, 4.69) is 17.1 Å². The Kier molecular flexibility index (Phi) is 5.62. The highest BCUT2D eigenvalue weighted by Crippen LogP contribution is 2.24. The number of benzene rings is 1. The Balaban J connectivity index is 1.96. The van der Waals surface area contributed by atoms with Crippen LogP contribution in [-0.4, -0.2) is 36.5 Å². The van der Waals surface area contributed by atoms with Crippen LogP contribution in [0.3, 0.4) is 0 Å². The predicted molar refractivity (Wildman–Crippen MR) is 87.6 cm³/mol. The maximum Gasteiger partial charge on any atom is 0.238 e. The van der Waals surface area contributed by atoms with Crippen molar-refractivity contribution in [3.05, 3.63) is 28.8 Å². The summed E-state index contributed by atoms with van der Waals surface area (Å²) >= 11 is 6.07. The fourth-order valence-electron chi connectivity index (χ4n) is 2.79. The topological polar surface area (TPSA) is 58.4 Å². The largest absolute Gasteiger partial charge is 0.330 e. The van der Waals surface area contributed by atoms with Crippen molar-refractivity contribution in [2.75, 3.05) is 25.0 Å². The van der Waals surface area contributed by atoms with Gasteiger partial charge in [0.2, 0.25) is 5.91 Å². The lowest BCUT2D eigenvalue weighted by molar-refractivity contribution is -0.118. The van der Waals surface area contributed by atoms with Gasteiger partial charge in [-0.15, -0.1) is 0 Å². The number of nitrogens with zero attached hydrogens (tertiary/aromatic N) is 1. The molecule has 1 amide bonds. The third-order valence-electron chi connectivity index (χ3n) is 4.33. The van der Waals surface area contributed by atoms with E-state index in [0.29, 0.717) is 30.1 Å². The maximum absolute atomic E-state index is 12.3. The van der Waals surface area contributed by atoms with Gasteiger partial charge in [-0.25, -0.2) is 0 Å². The second-order valence-electron chi connectivity index (χ2n) is 5.92. The number of carbonyl (C=O) groups excluding carboxylic acids is 1. The number of likely N-dealkylation sites (tertiary alicyclic amines) is 1. The average Bonchev–Trinajstić information content (AvgIpc) is 2.46. The Morgan fingerprint density at radius 2 is 2.24 bits per heavy atom. The van der Waals surface area contributed by atoms with E-state index in [-0.39, 0.29) is 5.91 Å². The third kappa shape index (κ3) is 4.19. The molecule has 0 bridgehead atoms. The molecule has 0 spiro atoms. The molecule has 4 nitrogen and oxygen atoms in total. The van der Waals surface area contributed by atoms with Gasteiger partial charge in [0.1, 0.15) is 0 Å². The van der Waals surface area contributed by atoms with E-state index in [4.69, 9.17) is 17.3 Å². The Bertz CT molecular complexity index is 506. The van der Waals surface area contributed by atoms with Gasteiger partial charge in [0.15, 0.2) is 0 Å². The van der Waals surface area contributed by atoms with Crippen LogP contribution in [0, 0.1) is 12.8 Å². The molecule has 5 heteroatoms. The van der Waals surface area contributed by atoms with Gasteiger partial charge in [0.25, 0.3) is 0 Å². The molecule has 1 aromatic rings. The number of hydrogen-bond acceptors (Lipinski definition) is 3. The summed E-state index contributed by atoms with van der Waals surface area (Å²) in [4.78, 5) is 14.5. The average molecular weight is 310 g/mol. The second-order valence-corrected chi connectivity index (χ2v) is 6.33. The monoisotopic (exact) mass is 309 g/mol. The first kappa shape index (κ1) is 16.3. The Morgan fingerprint density at radius 1 is 1.48 bits per heavy atom. The van der Waals surface area contributed by atoms with Crippen LogP contribution in [0.4, 0.5) is 5.69 Å². The fourth-order valence-corrected chi connectivity index (χ4v) is 2.97. The van der Waals surface area contributed by atoms with Crippen molar-refractivity contribution in [2.45, 2.75) is 32.7 Å². The van der Waals surface area contributed by atoms with Crippen molar-refractivity contribution in [1.82, 2.24) is 4.90 Å². The van der Waals surface area contributed by atoms with Gasteiger partial charge >= 0.3 is 0 Å². The van der Waals surface area contributed by atoms with Crippen LogP contribution >= 0.6 is 11.6 Å².